The van der Waals surface area contributed by atoms with Gasteiger partial charge in [-0.25, -0.2) is 18.4 Å². The van der Waals surface area contributed by atoms with Crippen LogP contribution in [0.1, 0.15) is 0 Å². The molecular formula is C25H16F2N8O3. The molecule has 188 valence electrons. The molecule has 0 aliphatic rings. The number of hydrogen-bond acceptors (Lipinski definition) is 9. The molecule has 0 unspecified atom stereocenters. The Bertz CT molecular complexity index is 1810. The molecule has 0 bridgehead atoms. The Morgan fingerprint density at radius 2 is 1.84 bits per heavy atom. The number of imidazole rings is 1. The summed E-state index contributed by atoms with van der Waals surface area (Å²) < 4.78 is 39.2. The molecule has 0 saturated carbocycles. The van der Waals surface area contributed by atoms with E-state index in [0.29, 0.717) is 28.1 Å². The van der Waals surface area contributed by atoms with Gasteiger partial charge in [-0.1, -0.05) is 29.4 Å². The number of carbonyl (C=O) groups is 1. The number of nitrogens with one attached hydrogen (secondary N) is 1. The number of fused-ring (bicyclic) bond motifs is 1. The molecule has 0 atom stereocenters. The molecule has 13 heteroatoms. The summed E-state index contributed by atoms with van der Waals surface area (Å²) >= 11 is 0. The molecule has 1 amide bonds. The molecule has 38 heavy (non-hydrogen) atoms. The normalized spacial score (nSPS) is 11.2. The van der Waals surface area contributed by atoms with Crippen LogP contribution in [0.4, 0.5) is 20.3 Å². The monoisotopic (exact) mass is 514 g/mol. The van der Waals surface area contributed by atoms with Crippen LogP contribution in [0, 0.1) is 11.6 Å². The number of nitrogens with zero attached hydrogens (tertiary/aromatic N) is 6. The second-order valence-electron chi connectivity index (χ2n) is 8.18. The Kier molecular flexibility index (Phi) is 5.56. The van der Waals surface area contributed by atoms with Crippen molar-refractivity contribution >= 4 is 28.4 Å². The van der Waals surface area contributed by atoms with Crippen molar-refractivity contribution in [3.63, 3.8) is 0 Å². The molecule has 0 aliphatic heterocycles. The van der Waals surface area contributed by atoms with Gasteiger partial charge in [0.25, 0.3) is 5.89 Å². The van der Waals surface area contributed by atoms with Crippen LogP contribution in [-0.2, 0) is 11.3 Å². The maximum atomic E-state index is 14.1. The lowest BCUT2D eigenvalue weighted by molar-refractivity contribution is -0.116. The van der Waals surface area contributed by atoms with Gasteiger partial charge in [0.05, 0.1) is 16.6 Å². The van der Waals surface area contributed by atoms with Gasteiger partial charge in [0.1, 0.15) is 18.2 Å². The van der Waals surface area contributed by atoms with Gasteiger partial charge in [-0.15, -0.1) is 0 Å². The van der Waals surface area contributed by atoms with Gasteiger partial charge in [-0.2, -0.15) is 4.98 Å². The van der Waals surface area contributed by atoms with Crippen LogP contribution in [0.25, 0.3) is 45.4 Å². The summed E-state index contributed by atoms with van der Waals surface area (Å²) in [5.41, 5.74) is 8.20. The van der Waals surface area contributed by atoms with Crippen molar-refractivity contribution in [1.82, 2.24) is 30.0 Å². The number of hydrogen-bond donors (Lipinski definition) is 2. The van der Waals surface area contributed by atoms with Gasteiger partial charge in [-0.3, -0.25) is 4.79 Å². The van der Waals surface area contributed by atoms with E-state index in [0.717, 1.165) is 18.2 Å². The third-order valence-corrected chi connectivity index (χ3v) is 5.67. The second-order valence-corrected chi connectivity index (χ2v) is 8.18. The molecular weight excluding hydrogens is 498 g/mol. The van der Waals surface area contributed by atoms with E-state index < -0.39 is 11.6 Å². The number of anilines is 2. The maximum Gasteiger partial charge on any atom is 0.261 e. The Morgan fingerprint density at radius 3 is 2.68 bits per heavy atom. The summed E-state index contributed by atoms with van der Waals surface area (Å²) in [5.74, 6) is -1.36. The number of nitrogen functional groups attached to an aromatic ring is 1. The highest BCUT2D eigenvalue weighted by molar-refractivity contribution is 5.93. The van der Waals surface area contributed by atoms with Crippen molar-refractivity contribution < 1.29 is 22.7 Å². The highest BCUT2D eigenvalue weighted by Crippen LogP contribution is 2.28. The molecule has 3 N–H and O–H groups in total. The zero-order chi connectivity index (χ0) is 26.2. The van der Waals surface area contributed by atoms with Crippen LogP contribution in [0.2, 0.25) is 0 Å². The fourth-order valence-corrected chi connectivity index (χ4v) is 3.96. The van der Waals surface area contributed by atoms with Gasteiger partial charge in [0.15, 0.2) is 17.3 Å². The van der Waals surface area contributed by atoms with Crippen molar-refractivity contribution in [1.29, 1.82) is 0 Å². The van der Waals surface area contributed by atoms with E-state index >= 15 is 0 Å². The largest absolute Gasteiger partial charge is 0.379 e. The Morgan fingerprint density at radius 1 is 0.974 bits per heavy atom. The predicted molar refractivity (Wildman–Crippen MR) is 131 cm³/mol. The molecule has 3 aromatic carbocycles. The minimum absolute atomic E-state index is 0.0484. The van der Waals surface area contributed by atoms with Gasteiger partial charge in [0, 0.05) is 11.3 Å². The topological polar surface area (TPSA) is 151 Å². The van der Waals surface area contributed by atoms with Crippen molar-refractivity contribution in [3.8, 4) is 34.4 Å². The van der Waals surface area contributed by atoms with Gasteiger partial charge in [-0.05, 0) is 52.8 Å². The number of benzene rings is 3. The zero-order valence-corrected chi connectivity index (χ0v) is 19.3. The summed E-state index contributed by atoms with van der Waals surface area (Å²) in [6.45, 7) is -0.114. The summed E-state index contributed by atoms with van der Waals surface area (Å²) in [6, 6.07) is 16.9. The van der Waals surface area contributed by atoms with Crippen molar-refractivity contribution in [2.45, 2.75) is 6.54 Å². The van der Waals surface area contributed by atoms with Crippen molar-refractivity contribution in [3.05, 3.63) is 78.4 Å². The quantitative estimate of drug-likeness (QED) is 0.331. The number of halogens is 2. The van der Waals surface area contributed by atoms with Crippen molar-refractivity contribution in [2.24, 2.45) is 0 Å². The highest BCUT2D eigenvalue weighted by Gasteiger charge is 2.21. The predicted octanol–water partition coefficient (Wildman–Crippen LogP) is 4.30. The number of para-hydroxylation sites is 2. The van der Waals surface area contributed by atoms with Crippen LogP contribution < -0.4 is 11.1 Å². The molecule has 0 saturated heterocycles. The number of aromatic nitrogens is 6. The lowest BCUT2D eigenvalue weighted by Crippen LogP contribution is -2.19. The third kappa shape index (κ3) is 4.21. The Hall–Kier alpha value is -5.46. The zero-order valence-electron chi connectivity index (χ0n) is 19.3. The summed E-state index contributed by atoms with van der Waals surface area (Å²) in [5, 5.41) is 14.1. The molecule has 0 aliphatic carbocycles. The van der Waals surface area contributed by atoms with E-state index in [4.69, 9.17) is 14.9 Å². The molecule has 3 heterocycles. The fourth-order valence-electron chi connectivity index (χ4n) is 3.96. The summed E-state index contributed by atoms with van der Waals surface area (Å²) in [4.78, 5) is 21.8. The van der Waals surface area contributed by atoms with Crippen molar-refractivity contribution in [2.75, 3.05) is 11.1 Å². The first-order valence-electron chi connectivity index (χ1n) is 11.2. The van der Waals surface area contributed by atoms with Crippen LogP contribution in [-0.4, -0.2) is 35.9 Å². The first-order chi connectivity index (χ1) is 18.5. The number of nitrogens with two attached hydrogens (primary N) is 1. The van der Waals surface area contributed by atoms with E-state index in [-0.39, 0.29) is 41.2 Å². The van der Waals surface area contributed by atoms with Gasteiger partial charge < -0.3 is 20.1 Å². The standard InChI is InChI=1S/C25H16F2N8O3/c26-14-8-9-17(27)16(11-14)25-31-23(34-37-25)13-4-3-5-15(10-13)29-20(36)12-35-19-7-2-1-6-18(19)30-24(35)21-22(28)33-38-32-21/h1-11H,12H2,(H2,28,33)(H,29,36). The number of carbonyl (C=O) groups excluding carboxylic acids is 1. The Balaban J connectivity index is 1.26. The van der Waals surface area contributed by atoms with Gasteiger partial charge in [0.2, 0.25) is 11.7 Å². The molecule has 0 fully saturated rings. The smallest absolute Gasteiger partial charge is 0.261 e. The Labute approximate surface area is 211 Å². The van der Waals surface area contributed by atoms with E-state index in [1.165, 1.54) is 0 Å². The molecule has 6 rings (SSSR count). The lowest BCUT2D eigenvalue weighted by atomic mass is 10.2. The van der Waals surface area contributed by atoms with E-state index in [2.05, 4.69) is 30.8 Å². The minimum Gasteiger partial charge on any atom is -0.379 e. The molecule has 11 nitrogen and oxygen atoms in total. The van der Waals surface area contributed by atoms with Crippen LogP contribution >= 0.6 is 0 Å². The number of rotatable bonds is 6. The molecule has 3 aromatic heterocycles. The van der Waals surface area contributed by atoms with Gasteiger partial charge >= 0.3 is 0 Å². The maximum absolute atomic E-state index is 14.1. The third-order valence-electron chi connectivity index (χ3n) is 5.67. The van der Waals surface area contributed by atoms with E-state index in [9.17, 15) is 13.6 Å². The summed E-state index contributed by atoms with van der Waals surface area (Å²) in [6.07, 6.45) is 0. The van der Waals surface area contributed by atoms with Crippen LogP contribution in [0.15, 0.2) is 75.9 Å². The second kappa shape index (κ2) is 9.20. The SMILES string of the molecule is Nc1nonc1-c1nc2ccccc2n1CC(=O)Nc1cccc(-c2noc(-c3cc(F)ccc3F)n2)c1. The average Bonchev–Trinajstić information content (AvgIpc) is 3.65. The number of amides is 1. The fraction of sp³-hybridized carbons (Fsp3) is 0.0400. The average molecular weight is 514 g/mol. The van der Waals surface area contributed by atoms with Crippen LogP contribution in [0.5, 0.6) is 0 Å². The summed E-state index contributed by atoms with van der Waals surface area (Å²) in [7, 11) is 0. The molecule has 6 aromatic rings. The van der Waals surface area contributed by atoms with E-state index in [1.54, 1.807) is 34.9 Å². The lowest BCUT2D eigenvalue weighted by Gasteiger charge is -2.09. The highest BCUT2D eigenvalue weighted by atomic mass is 19.1. The first-order valence-corrected chi connectivity index (χ1v) is 11.2. The molecule has 0 spiro atoms. The minimum atomic E-state index is -0.697. The first kappa shape index (κ1) is 23.0. The van der Waals surface area contributed by atoms with Crippen LogP contribution in [0.3, 0.4) is 0 Å². The van der Waals surface area contributed by atoms with E-state index in [1.807, 2.05) is 18.2 Å². The molecule has 0 radical (unpaired) electrons.